The van der Waals surface area contributed by atoms with E-state index in [2.05, 4.69) is 10.3 Å². The van der Waals surface area contributed by atoms with Crippen molar-refractivity contribution in [3.63, 3.8) is 0 Å². The molecule has 2 heterocycles. The van der Waals surface area contributed by atoms with Gasteiger partial charge in [0.1, 0.15) is 0 Å². The van der Waals surface area contributed by atoms with Crippen LogP contribution >= 0.6 is 0 Å². The Bertz CT molecular complexity index is 633. The lowest BCUT2D eigenvalue weighted by molar-refractivity contribution is 0.130. The summed E-state index contributed by atoms with van der Waals surface area (Å²) in [5.41, 5.74) is 1.63. The number of pyridine rings is 1. The van der Waals surface area contributed by atoms with E-state index < -0.39 is 6.10 Å². The van der Waals surface area contributed by atoms with Gasteiger partial charge in [-0.05, 0) is 37.0 Å². The van der Waals surface area contributed by atoms with Gasteiger partial charge < -0.3 is 15.3 Å². The van der Waals surface area contributed by atoms with E-state index in [-0.39, 0.29) is 12.1 Å². The first kappa shape index (κ1) is 15.5. The van der Waals surface area contributed by atoms with Gasteiger partial charge in [-0.25, -0.2) is 4.79 Å². The molecule has 1 aromatic heterocycles. The molecule has 1 aromatic carbocycles. The molecule has 1 aliphatic rings. The number of anilines is 1. The maximum absolute atomic E-state index is 12.5. The fourth-order valence-electron chi connectivity index (χ4n) is 3.05. The molecule has 0 aliphatic carbocycles. The molecule has 5 heteroatoms. The largest absolute Gasteiger partial charge is 0.388 e. The van der Waals surface area contributed by atoms with E-state index in [1.807, 2.05) is 35.2 Å². The van der Waals surface area contributed by atoms with Gasteiger partial charge in [0.05, 0.1) is 6.10 Å². The number of amides is 2. The van der Waals surface area contributed by atoms with E-state index in [0.29, 0.717) is 6.42 Å². The second kappa shape index (κ2) is 7.24. The molecule has 1 saturated heterocycles. The Morgan fingerprint density at radius 3 is 2.74 bits per heavy atom. The molecular formula is C18H21N3O2. The third-order valence-corrected chi connectivity index (χ3v) is 4.25. The van der Waals surface area contributed by atoms with Crippen molar-refractivity contribution in [1.82, 2.24) is 9.88 Å². The highest BCUT2D eigenvalue weighted by molar-refractivity contribution is 5.89. The predicted octanol–water partition coefficient (Wildman–Crippen LogP) is 3.20. The number of urea groups is 1. The standard InChI is InChI=1S/C18H21N3O2/c22-17(14-5-2-1-3-6-14)13-16-7-4-12-21(16)18(23)20-15-8-10-19-11-9-15/h1-3,5-6,8-11,16-17,22H,4,7,12-13H2,(H,19,20,23). The van der Waals surface area contributed by atoms with Crippen LogP contribution in [0.4, 0.5) is 10.5 Å². The summed E-state index contributed by atoms with van der Waals surface area (Å²) in [4.78, 5) is 18.2. The Labute approximate surface area is 136 Å². The monoisotopic (exact) mass is 311 g/mol. The maximum atomic E-state index is 12.5. The van der Waals surface area contributed by atoms with Gasteiger partial charge in [-0.15, -0.1) is 0 Å². The van der Waals surface area contributed by atoms with E-state index in [4.69, 9.17) is 0 Å². The molecule has 2 atom stereocenters. The molecule has 2 unspecified atom stereocenters. The van der Waals surface area contributed by atoms with Crippen LogP contribution in [0.15, 0.2) is 54.9 Å². The van der Waals surface area contributed by atoms with Crippen molar-refractivity contribution < 1.29 is 9.90 Å². The number of likely N-dealkylation sites (tertiary alicyclic amines) is 1. The summed E-state index contributed by atoms with van der Waals surface area (Å²) in [7, 11) is 0. The maximum Gasteiger partial charge on any atom is 0.322 e. The van der Waals surface area contributed by atoms with Crippen LogP contribution in [0.25, 0.3) is 0 Å². The third-order valence-electron chi connectivity index (χ3n) is 4.25. The quantitative estimate of drug-likeness (QED) is 0.911. The predicted molar refractivity (Wildman–Crippen MR) is 89.0 cm³/mol. The lowest BCUT2D eigenvalue weighted by Gasteiger charge is -2.27. The minimum atomic E-state index is -0.546. The van der Waals surface area contributed by atoms with Gasteiger partial charge in [0.15, 0.2) is 0 Å². The number of nitrogens with one attached hydrogen (secondary N) is 1. The van der Waals surface area contributed by atoms with Crippen LogP contribution in [0.5, 0.6) is 0 Å². The zero-order valence-corrected chi connectivity index (χ0v) is 12.9. The second-order valence-corrected chi connectivity index (χ2v) is 5.82. The van der Waals surface area contributed by atoms with Gasteiger partial charge in [0, 0.05) is 30.7 Å². The molecular weight excluding hydrogens is 290 g/mol. The van der Waals surface area contributed by atoms with Crippen molar-refractivity contribution in [2.75, 3.05) is 11.9 Å². The Hall–Kier alpha value is -2.40. The van der Waals surface area contributed by atoms with Crippen molar-refractivity contribution >= 4 is 11.7 Å². The van der Waals surface area contributed by atoms with Crippen molar-refractivity contribution in [2.45, 2.75) is 31.4 Å². The van der Waals surface area contributed by atoms with Crippen LogP contribution in [0.3, 0.4) is 0 Å². The third kappa shape index (κ3) is 3.87. The van der Waals surface area contributed by atoms with Gasteiger partial charge >= 0.3 is 6.03 Å². The lowest BCUT2D eigenvalue weighted by Crippen LogP contribution is -2.39. The topological polar surface area (TPSA) is 65.5 Å². The van der Waals surface area contributed by atoms with E-state index >= 15 is 0 Å². The average Bonchev–Trinajstić information content (AvgIpc) is 3.05. The van der Waals surface area contributed by atoms with E-state index in [0.717, 1.165) is 30.6 Å². The number of aliphatic hydroxyl groups excluding tert-OH is 1. The summed E-state index contributed by atoms with van der Waals surface area (Å²) in [5.74, 6) is 0. The van der Waals surface area contributed by atoms with Crippen molar-refractivity contribution in [1.29, 1.82) is 0 Å². The highest BCUT2D eigenvalue weighted by Gasteiger charge is 2.30. The molecule has 23 heavy (non-hydrogen) atoms. The summed E-state index contributed by atoms with van der Waals surface area (Å²) in [5, 5.41) is 13.3. The van der Waals surface area contributed by atoms with Gasteiger partial charge in [0.25, 0.3) is 0 Å². The van der Waals surface area contributed by atoms with Crippen LogP contribution in [-0.2, 0) is 0 Å². The molecule has 3 rings (SSSR count). The minimum Gasteiger partial charge on any atom is -0.388 e. The fraction of sp³-hybridized carbons (Fsp3) is 0.333. The molecule has 0 saturated carbocycles. The zero-order valence-electron chi connectivity index (χ0n) is 12.9. The minimum absolute atomic E-state index is 0.0621. The number of aromatic nitrogens is 1. The second-order valence-electron chi connectivity index (χ2n) is 5.82. The molecule has 2 amide bonds. The highest BCUT2D eigenvalue weighted by atomic mass is 16.3. The molecule has 120 valence electrons. The number of benzene rings is 1. The number of hydrogen-bond acceptors (Lipinski definition) is 3. The van der Waals surface area contributed by atoms with Crippen LogP contribution < -0.4 is 5.32 Å². The fourth-order valence-corrected chi connectivity index (χ4v) is 3.05. The Kier molecular flexibility index (Phi) is 4.88. The average molecular weight is 311 g/mol. The molecule has 5 nitrogen and oxygen atoms in total. The molecule has 2 aromatic rings. The Balaban J connectivity index is 1.62. The molecule has 1 fully saturated rings. The number of aliphatic hydroxyl groups is 1. The van der Waals surface area contributed by atoms with Crippen molar-refractivity contribution in [2.24, 2.45) is 0 Å². The number of nitrogens with zero attached hydrogens (tertiary/aromatic N) is 2. The normalized spacial score (nSPS) is 18.7. The number of carbonyl (C=O) groups is 1. The first-order valence-corrected chi connectivity index (χ1v) is 7.94. The van der Waals surface area contributed by atoms with E-state index in [1.165, 1.54) is 0 Å². The van der Waals surface area contributed by atoms with Gasteiger partial charge in [-0.1, -0.05) is 30.3 Å². The summed E-state index contributed by atoms with van der Waals surface area (Å²) in [6.45, 7) is 0.725. The molecule has 2 N–H and O–H groups in total. The molecule has 0 bridgehead atoms. The number of rotatable bonds is 4. The summed E-state index contributed by atoms with van der Waals surface area (Å²) in [6, 6.07) is 13.1. The molecule has 1 aliphatic heterocycles. The highest BCUT2D eigenvalue weighted by Crippen LogP contribution is 2.27. The summed E-state index contributed by atoms with van der Waals surface area (Å²) >= 11 is 0. The van der Waals surface area contributed by atoms with Gasteiger partial charge in [-0.3, -0.25) is 4.98 Å². The first-order chi connectivity index (χ1) is 11.2. The van der Waals surface area contributed by atoms with Crippen LogP contribution in [0.2, 0.25) is 0 Å². The smallest absolute Gasteiger partial charge is 0.322 e. The van der Waals surface area contributed by atoms with E-state index in [1.54, 1.807) is 24.5 Å². The Morgan fingerprint density at radius 1 is 1.26 bits per heavy atom. The van der Waals surface area contributed by atoms with Crippen molar-refractivity contribution in [3.8, 4) is 0 Å². The van der Waals surface area contributed by atoms with Gasteiger partial charge in [-0.2, -0.15) is 0 Å². The molecule has 0 spiro atoms. The SMILES string of the molecule is O=C(Nc1ccncc1)N1CCCC1CC(O)c1ccccc1. The van der Waals surface area contributed by atoms with Crippen LogP contribution in [0.1, 0.15) is 30.9 Å². The van der Waals surface area contributed by atoms with E-state index in [9.17, 15) is 9.90 Å². The van der Waals surface area contributed by atoms with Crippen LogP contribution in [0, 0.1) is 0 Å². The first-order valence-electron chi connectivity index (χ1n) is 7.94. The zero-order chi connectivity index (χ0) is 16.1. The summed E-state index contributed by atoms with van der Waals surface area (Å²) in [6.07, 6.45) is 5.21. The number of carbonyl (C=O) groups excluding carboxylic acids is 1. The van der Waals surface area contributed by atoms with Gasteiger partial charge in [0.2, 0.25) is 0 Å². The number of hydrogen-bond donors (Lipinski definition) is 2. The lowest BCUT2D eigenvalue weighted by atomic mass is 10.0. The van der Waals surface area contributed by atoms with Crippen molar-refractivity contribution in [3.05, 3.63) is 60.4 Å². The van der Waals surface area contributed by atoms with Crippen LogP contribution in [-0.4, -0.2) is 33.6 Å². The molecule has 0 radical (unpaired) electrons. The summed E-state index contributed by atoms with van der Waals surface area (Å²) < 4.78 is 0. The Morgan fingerprint density at radius 2 is 2.00 bits per heavy atom.